The second-order valence-electron chi connectivity index (χ2n) is 9.23. The molecule has 2 aliphatic rings. The topological polar surface area (TPSA) is 80.5 Å². The highest BCUT2D eigenvalue weighted by molar-refractivity contribution is 7.22. The summed E-state index contributed by atoms with van der Waals surface area (Å²) in [5, 5.41) is 9.46. The van der Waals surface area contributed by atoms with Gasteiger partial charge in [0.15, 0.2) is 10.9 Å². The van der Waals surface area contributed by atoms with E-state index in [-0.39, 0.29) is 17.1 Å². The van der Waals surface area contributed by atoms with Crippen LogP contribution >= 0.6 is 34.5 Å². The molecule has 1 unspecified atom stereocenters. The fourth-order valence-corrected chi connectivity index (χ4v) is 6.00. The van der Waals surface area contributed by atoms with Crippen LogP contribution in [-0.2, 0) is 11.3 Å². The van der Waals surface area contributed by atoms with Gasteiger partial charge in [-0.2, -0.15) is 0 Å². The molecule has 3 heterocycles. The van der Waals surface area contributed by atoms with Crippen LogP contribution in [0.5, 0.6) is 0 Å². The Kier molecular flexibility index (Phi) is 8.18. The second-order valence-corrected chi connectivity index (χ2v) is 10.6. The van der Waals surface area contributed by atoms with Crippen LogP contribution in [-0.4, -0.2) is 48.7 Å². The zero-order valence-corrected chi connectivity index (χ0v) is 23.3. The van der Waals surface area contributed by atoms with E-state index < -0.39 is 11.8 Å². The van der Waals surface area contributed by atoms with Gasteiger partial charge in [-0.3, -0.25) is 0 Å². The van der Waals surface area contributed by atoms with Crippen LogP contribution in [0, 0.1) is 5.82 Å². The van der Waals surface area contributed by atoms with Crippen molar-refractivity contribution in [2.24, 2.45) is 0 Å². The van der Waals surface area contributed by atoms with Gasteiger partial charge in [0.1, 0.15) is 17.0 Å². The number of aromatic nitrogens is 2. The van der Waals surface area contributed by atoms with E-state index in [0.29, 0.717) is 22.2 Å². The van der Waals surface area contributed by atoms with Gasteiger partial charge in [-0.05, 0) is 37.5 Å². The van der Waals surface area contributed by atoms with E-state index in [4.69, 9.17) is 20.9 Å². The van der Waals surface area contributed by atoms with Gasteiger partial charge in [0.05, 0.1) is 22.4 Å². The van der Waals surface area contributed by atoms with Crippen LogP contribution in [0.3, 0.4) is 0 Å². The van der Waals surface area contributed by atoms with Crippen molar-refractivity contribution in [3.05, 3.63) is 64.1 Å². The molecule has 0 radical (unpaired) electrons. The lowest BCUT2D eigenvalue weighted by molar-refractivity contribution is 0.0600. The maximum atomic E-state index is 14.6. The number of ether oxygens (including phenoxy) is 1. The summed E-state index contributed by atoms with van der Waals surface area (Å²) in [5.41, 5.74) is 3.21. The van der Waals surface area contributed by atoms with Gasteiger partial charge in [-0.15, -0.1) is 11.6 Å². The summed E-state index contributed by atoms with van der Waals surface area (Å²) >= 11 is 12.5. The van der Waals surface area contributed by atoms with Crippen molar-refractivity contribution in [1.82, 2.24) is 15.5 Å². The Morgan fingerprint density at radius 3 is 2.79 bits per heavy atom. The third kappa shape index (κ3) is 5.38. The Morgan fingerprint density at radius 2 is 2.05 bits per heavy atom. The van der Waals surface area contributed by atoms with E-state index >= 15 is 0 Å². The number of anilines is 1. The number of carbonyl (C=O) groups excluding carboxylic acids is 1. The van der Waals surface area contributed by atoms with E-state index in [1.165, 1.54) is 30.9 Å². The highest BCUT2D eigenvalue weighted by Crippen LogP contribution is 2.44. The first-order valence-electron chi connectivity index (χ1n) is 12.3. The molecular weight excluding hydrogens is 550 g/mol. The van der Waals surface area contributed by atoms with E-state index in [0.717, 1.165) is 60.1 Å². The Labute approximate surface area is 233 Å². The first kappa shape index (κ1) is 26.9. The minimum absolute atomic E-state index is 0.188. The number of alkyl halides is 1. The van der Waals surface area contributed by atoms with Crippen molar-refractivity contribution in [1.29, 1.82) is 0 Å². The SMILES string of the molecule is CCl.COC(=O)c1cc(F)c2nc(N3CCC(NCc4c(-c5ccccc5Cl)noc4C4CC4)C3)sc2c1. The van der Waals surface area contributed by atoms with Crippen LogP contribution in [0.2, 0.25) is 5.02 Å². The third-order valence-electron chi connectivity index (χ3n) is 6.78. The van der Waals surface area contributed by atoms with Crippen LogP contribution < -0.4 is 10.2 Å². The fourth-order valence-electron chi connectivity index (χ4n) is 4.72. The van der Waals surface area contributed by atoms with Crippen molar-refractivity contribution >= 4 is 55.9 Å². The number of carbonyl (C=O) groups is 1. The molecule has 38 heavy (non-hydrogen) atoms. The molecule has 0 bridgehead atoms. The second kappa shape index (κ2) is 11.6. The minimum Gasteiger partial charge on any atom is -0.465 e. The number of thiazole rings is 1. The summed E-state index contributed by atoms with van der Waals surface area (Å²) in [5.74, 6) is 0.302. The van der Waals surface area contributed by atoms with Crippen molar-refractivity contribution in [2.75, 3.05) is 31.5 Å². The number of benzene rings is 2. The molecule has 7 nitrogen and oxygen atoms in total. The zero-order valence-electron chi connectivity index (χ0n) is 21.0. The number of methoxy groups -OCH3 is 1. The van der Waals surface area contributed by atoms with E-state index in [1.54, 1.807) is 6.07 Å². The normalized spacial score (nSPS) is 17.0. The summed E-state index contributed by atoms with van der Waals surface area (Å²) in [6.07, 6.45) is 4.64. The molecule has 1 atom stereocenters. The number of rotatable bonds is 7. The monoisotopic (exact) mass is 576 g/mol. The molecule has 1 aliphatic heterocycles. The smallest absolute Gasteiger partial charge is 0.338 e. The van der Waals surface area contributed by atoms with Crippen molar-refractivity contribution < 1.29 is 18.4 Å². The van der Waals surface area contributed by atoms with Crippen LogP contribution in [0.1, 0.15) is 46.9 Å². The van der Waals surface area contributed by atoms with Crippen LogP contribution in [0.25, 0.3) is 21.5 Å². The molecule has 1 aliphatic carbocycles. The van der Waals surface area contributed by atoms with Gasteiger partial charge in [0.25, 0.3) is 0 Å². The molecule has 1 saturated carbocycles. The number of nitrogens with zero attached hydrogens (tertiary/aromatic N) is 3. The predicted octanol–water partition coefficient (Wildman–Crippen LogP) is 6.63. The van der Waals surface area contributed by atoms with E-state index in [2.05, 4.69) is 32.0 Å². The highest BCUT2D eigenvalue weighted by atomic mass is 35.5. The lowest BCUT2D eigenvalue weighted by atomic mass is 10.0. The minimum atomic E-state index is -0.563. The molecule has 2 fully saturated rings. The number of fused-ring (bicyclic) bond motifs is 1. The molecule has 2 aromatic carbocycles. The first-order valence-corrected chi connectivity index (χ1v) is 14.2. The number of nitrogens with one attached hydrogen (secondary N) is 1. The summed E-state index contributed by atoms with van der Waals surface area (Å²) < 4.78 is 25.7. The molecule has 200 valence electrons. The van der Waals surface area contributed by atoms with Crippen molar-refractivity contribution in [3.8, 4) is 11.3 Å². The average Bonchev–Trinajstić information content (AvgIpc) is 3.32. The molecule has 0 spiro atoms. The lowest BCUT2D eigenvalue weighted by Crippen LogP contribution is -2.32. The maximum Gasteiger partial charge on any atom is 0.338 e. The molecule has 2 aromatic heterocycles. The zero-order chi connectivity index (χ0) is 26.8. The van der Waals surface area contributed by atoms with Crippen LogP contribution in [0.4, 0.5) is 9.52 Å². The standard InChI is InChI=1S/C26H24ClFN4O3S.CH3Cl/c1-34-25(33)15-10-20(28)23-21(11-15)36-26(30-23)32-9-8-16(13-32)29-12-18-22(17-4-2-3-5-19(17)27)31-35-24(18)14-6-7-14;1-2/h2-5,10-11,14,16,29H,6-9,12-13H2,1H3;1H3. The number of esters is 1. The van der Waals surface area contributed by atoms with Gasteiger partial charge in [0.2, 0.25) is 0 Å². The predicted molar refractivity (Wildman–Crippen MR) is 149 cm³/mol. The Hall–Kier alpha value is -2.72. The third-order valence-corrected chi connectivity index (χ3v) is 8.17. The lowest BCUT2D eigenvalue weighted by Gasteiger charge is -2.16. The largest absolute Gasteiger partial charge is 0.465 e. The molecule has 1 saturated heterocycles. The molecule has 1 N–H and O–H groups in total. The van der Waals surface area contributed by atoms with Crippen LogP contribution in [0.15, 0.2) is 40.9 Å². The summed E-state index contributed by atoms with van der Waals surface area (Å²) in [4.78, 5) is 18.5. The Morgan fingerprint density at radius 1 is 1.26 bits per heavy atom. The van der Waals surface area contributed by atoms with Gasteiger partial charge < -0.3 is 19.5 Å². The molecular formula is C27H27Cl2FN4O3S. The van der Waals surface area contributed by atoms with Crippen molar-refractivity contribution in [3.63, 3.8) is 0 Å². The number of hydrogen-bond acceptors (Lipinski definition) is 8. The Bertz CT molecular complexity index is 1460. The van der Waals surface area contributed by atoms with Gasteiger partial charge in [0, 0.05) is 49.1 Å². The average molecular weight is 578 g/mol. The van der Waals surface area contributed by atoms with Crippen molar-refractivity contribution in [2.45, 2.75) is 37.8 Å². The van der Waals surface area contributed by atoms with Gasteiger partial charge in [-0.25, -0.2) is 14.2 Å². The summed E-state index contributed by atoms with van der Waals surface area (Å²) in [7, 11) is 1.28. The summed E-state index contributed by atoms with van der Waals surface area (Å²) in [6.45, 7) is 2.18. The Balaban J connectivity index is 0.00000144. The number of halogens is 3. The fraction of sp³-hybridized carbons (Fsp3) is 0.370. The maximum absolute atomic E-state index is 14.6. The quantitative estimate of drug-likeness (QED) is 0.195. The summed E-state index contributed by atoms with van der Waals surface area (Å²) in [6, 6.07) is 10.7. The molecule has 4 aromatic rings. The van der Waals surface area contributed by atoms with Gasteiger partial charge in [-0.1, -0.05) is 46.3 Å². The highest BCUT2D eigenvalue weighted by Gasteiger charge is 2.33. The van der Waals surface area contributed by atoms with E-state index in [1.807, 2.05) is 24.3 Å². The van der Waals surface area contributed by atoms with E-state index in [9.17, 15) is 9.18 Å². The van der Waals surface area contributed by atoms with Gasteiger partial charge >= 0.3 is 5.97 Å². The number of hydrogen-bond donors (Lipinski definition) is 1. The molecule has 0 amide bonds. The first-order chi connectivity index (χ1) is 18.5. The molecule has 6 rings (SSSR count). The molecule has 11 heteroatoms.